The molecule has 1 amide bonds. The van der Waals surface area contributed by atoms with Crippen LogP contribution in [0, 0.1) is 12.3 Å². The van der Waals surface area contributed by atoms with Crippen LogP contribution in [-0.2, 0) is 20.2 Å². The van der Waals surface area contributed by atoms with Crippen molar-refractivity contribution in [3.63, 3.8) is 0 Å². The van der Waals surface area contributed by atoms with E-state index in [0.717, 1.165) is 12.1 Å². The van der Waals surface area contributed by atoms with Crippen LogP contribution in [0.5, 0.6) is 0 Å². The number of carboxylic acid groups (broad SMARTS) is 1. The van der Waals surface area contributed by atoms with Crippen molar-refractivity contribution in [1.82, 2.24) is 5.32 Å². The van der Waals surface area contributed by atoms with Crippen molar-refractivity contribution >= 4 is 43.1 Å². The number of fused-ring (bicyclic) bond motifs is 2. The van der Waals surface area contributed by atoms with E-state index in [0.29, 0.717) is 0 Å². The fourth-order valence-corrected chi connectivity index (χ4v) is 5.87. The number of aryl methyl sites for hydroxylation is 1. The lowest BCUT2D eigenvalue weighted by atomic mass is 9.89. The van der Waals surface area contributed by atoms with Crippen LogP contribution in [0.1, 0.15) is 33.2 Å². The molecule has 0 atom stereocenters. The Bertz CT molecular complexity index is 1910. The molecule has 14 heteroatoms. The first kappa shape index (κ1) is 26.9. The van der Waals surface area contributed by atoms with Gasteiger partial charge in [-0.1, -0.05) is 18.2 Å². The fourth-order valence-electron chi connectivity index (χ4n) is 4.28. The smallest absolute Gasteiger partial charge is 0.336 e. The number of carboxylic acids is 1. The van der Waals surface area contributed by atoms with Crippen LogP contribution in [0.3, 0.4) is 0 Å². The van der Waals surface area contributed by atoms with Crippen LogP contribution in [0.4, 0.5) is 0 Å². The molecule has 0 aromatic heterocycles. The summed E-state index contributed by atoms with van der Waals surface area (Å²) in [6.45, 7) is 3.30. The van der Waals surface area contributed by atoms with Crippen LogP contribution >= 0.6 is 0 Å². The normalized spacial score (nSPS) is 12.1. The predicted octanol–water partition coefficient (Wildman–Crippen LogP) is 2.93. The summed E-state index contributed by atoms with van der Waals surface area (Å²) in [6.07, 6.45) is 0. The molecule has 1 heterocycles. The Hall–Kier alpha value is -4.11. The predicted molar refractivity (Wildman–Crippen MR) is 133 cm³/mol. The van der Waals surface area contributed by atoms with Crippen LogP contribution in [0.15, 0.2) is 56.7 Å². The number of benzene rings is 3. The van der Waals surface area contributed by atoms with E-state index in [1.54, 1.807) is 6.92 Å². The Morgan fingerprint density at radius 2 is 1.58 bits per heavy atom. The second-order valence-electron chi connectivity index (χ2n) is 8.26. The van der Waals surface area contributed by atoms with Crippen LogP contribution in [0.25, 0.3) is 33.4 Å². The van der Waals surface area contributed by atoms with Crippen LogP contribution < -0.4 is 10.7 Å². The van der Waals surface area contributed by atoms with E-state index in [2.05, 4.69) is 5.32 Å². The minimum absolute atomic E-state index is 0.0174. The maximum Gasteiger partial charge on any atom is 0.336 e. The van der Waals surface area contributed by atoms with Gasteiger partial charge in [0.15, 0.2) is 16.2 Å². The quantitative estimate of drug-likeness (QED) is 0.172. The van der Waals surface area contributed by atoms with E-state index in [4.69, 9.17) is 9.83 Å². The van der Waals surface area contributed by atoms with E-state index < -0.39 is 58.6 Å². The number of aromatic carboxylic acids is 1. The van der Waals surface area contributed by atoms with Crippen molar-refractivity contribution in [2.75, 3.05) is 6.54 Å². The zero-order chi connectivity index (χ0) is 28.2. The zero-order valence-corrected chi connectivity index (χ0v) is 21.4. The fraction of sp³-hybridized carbons (Fsp3) is 0.125. The lowest BCUT2D eigenvalue weighted by molar-refractivity contribution is 0.0697. The summed E-state index contributed by atoms with van der Waals surface area (Å²) in [4.78, 5) is 22.9. The van der Waals surface area contributed by atoms with E-state index in [-0.39, 0.29) is 45.3 Å². The summed E-state index contributed by atoms with van der Waals surface area (Å²) < 4.78 is 74.5. The van der Waals surface area contributed by atoms with Gasteiger partial charge in [-0.25, -0.2) is 4.79 Å². The van der Waals surface area contributed by atoms with Gasteiger partial charge in [-0.3, -0.25) is 19.3 Å². The monoisotopic (exact) mass is 560 g/mol. The van der Waals surface area contributed by atoms with Gasteiger partial charge in [0.2, 0.25) is 0 Å². The molecule has 198 valence electrons. The molecule has 2 aliphatic rings. The topological polar surface area (TPSA) is 212 Å². The first-order valence-electron chi connectivity index (χ1n) is 10.9. The molecule has 1 aliphatic carbocycles. The number of nitrogens with one attached hydrogen (secondary N) is 2. The van der Waals surface area contributed by atoms with Crippen molar-refractivity contribution in [1.29, 1.82) is 5.41 Å². The molecule has 5 N–H and O–H groups in total. The number of amides is 1. The summed E-state index contributed by atoms with van der Waals surface area (Å²) in [5, 5.41) is 19.9. The largest absolute Gasteiger partial charge is 0.478 e. The highest BCUT2D eigenvalue weighted by atomic mass is 32.2. The maximum absolute atomic E-state index is 12.3. The molecule has 4 rings (SSSR count). The van der Waals surface area contributed by atoms with Gasteiger partial charge in [0.1, 0.15) is 4.90 Å². The van der Waals surface area contributed by atoms with Gasteiger partial charge in [0.05, 0.1) is 10.9 Å². The Morgan fingerprint density at radius 1 is 0.947 bits per heavy atom. The highest BCUT2D eigenvalue weighted by molar-refractivity contribution is 7.86. The molecule has 0 spiro atoms. The molecule has 0 saturated carbocycles. The molecule has 38 heavy (non-hydrogen) atoms. The van der Waals surface area contributed by atoms with Gasteiger partial charge in [0, 0.05) is 28.6 Å². The Kier molecular flexibility index (Phi) is 6.61. The molecular formula is C24H20N2O10S2. The second kappa shape index (κ2) is 9.33. The maximum atomic E-state index is 12.3. The number of carbonyl (C=O) groups is 2. The highest BCUT2D eigenvalue weighted by Crippen LogP contribution is 2.45. The van der Waals surface area contributed by atoms with Gasteiger partial charge in [-0.2, -0.15) is 16.8 Å². The van der Waals surface area contributed by atoms with E-state index in [9.17, 15) is 40.6 Å². The molecular weight excluding hydrogens is 540 g/mol. The first-order chi connectivity index (χ1) is 17.7. The van der Waals surface area contributed by atoms with E-state index in [1.165, 1.54) is 37.3 Å². The van der Waals surface area contributed by atoms with Crippen molar-refractivity contribution in [3.8, 4) is 22.5 Å². The molecule has 2 aromatic carbocycles. The van der Waals surface area contributed by atoms with Gasteiger partial charge >= 0.3 is 5.97 Å². The van der Waals surface area contributed by atoms with Crippen LogP contribution in [-0.4, -0.2) is 49.5 Å². The molecule has 0 unspecified atom stereocenters. The standard InChI is InChI=1S/C24H20N2O10S2/c1-3-26-23(27)12-5-7-13(16(10-12)24(28)29)18-14-6-4-11(2)21(37(30,31)32)19(14)36-20-15(18)8-9-17(25)22(20)38(33,34)35/h4-10,25H,3H2,1-2H3,(H,26,27)(H,28,29)(H,30,31,32)(H,33,34,35). The second-order valence-corrected chi connectivity index (χ2v) is 11.0. The van der Waals surface area contributed by atoms with Crippen molar-refractivity contribution in [2.24, 2.45) is 0 Å². The highest BCUT2D eigenvalue weighted by Gasteiger charge is 2.31. The van der Waals surface area contributed by atoms with Gasteiger partial charge < -0.3 is 14.8 Å². The minimum Gasteiger partial charge on any atom is -0.478 e. The Morgan fingerprint density at radius 3 is 2.16 bits per heavy atom. The summed E-state index contributed by atoms with van der Waals surface area (Å²) in [7, 11) is -10.1. The number of hydrogen-bond donors (Lipinski definition) is 5. The molecule has 0 saturated heterocycles. The molecule has 0 fully saturated rings. The summed E-state index contributed by atoms with van der Waals surface area (Å²) in [5.41, 5.74) is -1.05. The lowest BCUT2D eigenvalue weighted by Crippen LogP contribution is -2.23. The van der Waals surface area contributed by atoms with Crippen LogP contribution in [0.2, 0.25) is 0 Å². The van der Waals surface area contributed by atoms with Gasteiger partial charge in [-0.15, -0.1) is 0 Å². The molecule has 2 aromatic rings. The van der Waals surface area contributed by atoms with Crippen molar-refractivity contribution < 1.29 is 45.1 Å². The van der Waals surface area contributed by atoms with Crippen molar-refractivity contribution in [3.05, 3.63) is 64.5 Å². The third-order valence-electron chi connectivity index (χ3n) is 5.80. The average Bonchev–Trinajstić information content (AvgIpc) is 2.80. The number of carbonyl (C=O) groups excluding carboxylic acids is 1. The van der Waals surface area contributed by atoms with Gasteiger partial charge in [0.25, 0.3) is 26.1 Å². The zero-order valence-electron chi connectivity index (χ0n) is 19.8. The summed E-state index contributed by atoms with van der Waals surface area (Å²) in [5.74, 6) is -2.64. The molecule has 12 nitrogen and oxygen atoms in total. The van der Waals surface area contributed by atoms with Crippen molar-refractivity contribution in [2.45, 2.75) is 23.6 Å². The average molecular weight is 561 g/mol. The summed E-state index contributed by atoms with van der Waals surface area (Å²) in [6, 6.07) is 8.74. The Balaban J connectivity index is 2.30. The number of rotatable bonds is 6. The molecule has 1 aliphatic heterocycles. The van der Waals surface area contributed by atoms with E-state index >= 15 is 0 Å². The molecule has 0 radical (unpaired) electrons. The Labute approximate surface area is 215 Å². The third-order valence-corrected chi connectivity index (χ3v) is 7.74. The SMILES string of the molecule is CCNC(=O)c1ccc(-c2c3ccc(=N)c(S(=O)(=O)O)c-3oc3c(S(=O)(=O)O)c(C)ccc23)c(C(=O)O)c1. The number of hydrogen-bond acceptors (Lipinski definition) is 8. The summed E-state index contributed by atoms with van der Waals surface area (Å²) >= 11 is 0. The van der Waals surface area contributed by atoms with Gasteiger partial charge in [-0.05, 0) is 49.2 Å². The molecule has 0 bridgehead atoms. The first-order valence-corrected chi connectivity index (χ1v) is 13.7. The van der Waals surface area contributed by atoms with E-state index in [1.807, 2.05) is 0 Å². The third kappa shape index (κ3) is 4.54. The minimum atomic E-state index is -5.10. The lowest BCUT2D eigenvalue weighted by Gasteiger charge is -2.20.